The van der Waals surface area contributed by atoms with Gasteiger partial charge in [0.15, 0.2) is 4.80 Å². The molecule has 0 spiro atoms. The average molecular weight is 333 g/mol. The number of nitro groups is 1. The highest BCUT2D eigenvalue weighted by Crippen LogP contribution is 2.26. The number of hydrogen-bond donors (Lipinski definition) is 0. The Morgan fingerprint density at radius 3 is 2.83 bits per heavy atom. The Morgan fingerprint density at radius 1 is 1.39 bits per heavy atom. The van der Waals surface area contributed by atoms with Crippen molar-refractivity contribution in [3.05, 3.63) is 51.0 Å². The molecule has 8 nitrogen and oxygen atoms in total. The van der Waals surface area contributed by atoms with Crippen LogP contribution >= 0.6 is 11.3 Å². The van der Waals surface area contributed by atoms with E-state index in [2.05, 4.69) is 4.99 Å². The second-order valence-electron chi connectivity index (χ2n) is 4.56. The van der Waals surface area contributed by atoms with E-state index in [0.717, 1.165) is 16.3 Å². The molecule has 118 valence electrons. The van der Waals surface area contributed by atoms with Crippen LogP contribution in [0.5, 0.6) is 5.75 Å². The summed E-state index contributed by atoms with van der Waals surface area (Å²) in [6.45, 7) is 0. The van der Waals surface area contributed by atoms with E-state index in [0.29, 0.717) is 10.6 Å². The molecule has 0 radical (unpaired) electrons. The lowest BCUT2D eigenvalue weighted by Crippen LogP contribution is -2.13. The van der Waals surface area contributed by atoms with Crippen molar-refractivity contribution in [2.45, 2.75) is 0 Å². The van der Waals surface area contributed by atoms with E-state index in [9.17, 15) is 14.9 Å². The van der Waals surface area contributed by atoms with Crippen LogP contribution < -0.4 is 9.54 Å². The SMILES string of the molecule is COc1cccc2sc(=NC(=O)c3ccc([N+](=O)[O-])o3)n(C)c12. The molecule has 0 aliphatic heterocycles. The monoisotopic (exact) mass is 333 g/mol. The van der Waals surface area contributed by atoms with Gasteiger partial charge in [-0.05, 0) is 18.2 Å². The first-order valence-corrected chi connectivity index (χ1v) is 7.28. The molecule has 2 aromatic heterocycles. The minimum absolute atomic E-state index is 0.180. The zero-order valence-electron chi connectivity index (χ0n) is 12.2. The molecule has 0 saturated carbocycles. The molecule has 1 aromatic carbocycles. The Balaban J connectivity index is 2.08. The van der Waals surface area contributed by atoms with Gasteiger partial charge in [0.2, 0.25) is 5.76 Å². The topological polar surface area (TPSA) is 99.9 Å². The molecular weight excluding hydrogens is 322 g/mol. The molecule has 3 aromatic rings. The molecule has 0 unspecified atom stereocenters. The molecular formula is C14H11N3O5S. The zero-order valence-corrected chi connectivity index (χ0v) is 13.0. The molecule has 0 bridgehead atoms. The third-order valence-corrected chi connectivity index (χ3v) is 4.28. The first-order chi connectivity index (χ1) is 11.0. The van der Waals surface area contributed by atoms with Gasteiger partial charge in [0.1, 0.15) is 16.2 Å². The Kier molecular flexibility index (Phi) is 3.70. The van der Waals surface area contributed by atoms with Crippen molar-refractivity contribution in [1.82, 2.24) is 4.57 Å². The molecule has 9 heteroatoms. The Hall–Kier alpha value is -2.94. The highest BCUT2D eigenvalue weighted by molar-refractivity contribution is 7.16. The van der Waals surface area contributed by atoms with Crippen molar-refractivity contribution in [2.24, 2.45) is 12.0 Å². The minimum atomic E-state index is -0.707. The number of furan rings is 1. The van der Waals surface area contributed by atoms with E-state index in [4.69, 9.17) is 9.15 Å². The molecule has 0 fully saturated rings. The number of benzene rings is 1. The van der Waals surface area contributed by atoms with Crippen LogP contribution in [0.2, 0.25) is 0 Å². The van der Waals surface area contributed by atoms with E-state index in [1.807, 2.05) is 18.2 Å². The van der Waals surface area contributed by atoms with Crippen molar-refractivity contribution in [3.8, 4) is 5.75 Å². The maximum absolute atomic E-state index is 12.1. The van der Waals surface area contributed by atoms with Gasteiger partial charge >= 0.3 is 11.8 Å². The van der Waals surface area contributed by atoms with Crippen LogP contribution in [0.3, 0.4) is 0 Å². The number of amides is 1. The van der Waals surface area contributed by atoms with Gasteiger partial charge in [-0.25, -0.2) is 0 Å². The Labute approximate surface area is 133 Å². The van der Waals surface area contributed by atoms with Gasteiger partial charge in [-0.1, -0.05) is 17.4 Å². The van der Waals surface area contributed by atoms with Gasteiger partial charge in [-0.3, -0.25) is 14.9 Å². The number of ether oxygens (including phenoxy) is 1. The fourth-order valence-electron chi connectivity index (χ4n) is 2.12. The number of aryl methyl sites for hydroxylation is 1. The first-order valence-electron chi connectivity index (χ1n) is 6.47. The Bertz CT molecular complexity index is 982. The predicted octanol–water partition coefficient (Wildman–Crippen LogP) is 2.49. The molecule has 2 heterocycles. The number of thiazole rings is 1. The van der Waals surface area contributed by atoms with Crippen LogP contribution in [-0.2, 0) is 7.05 Å². The highest BCUT2D eigenvalue weighted by Gasteiger charge is 2.17. The Morgan fingerprint density at radius 2 is 2.17 bits per heavy atom. The van der Waals surface area contributed by atoms with Crippen LogP contribution in [0.1, 0.15) is 10.6 Å². The fourth-order valence-corrected chi connectivity index (χ4v) is 3.16. The smallest absolute Gasteiger partial charge is 0.433 e. The highest BCUT2D eigenvalue weighted by atomic mass is 32.1. The summed E-state index contributed by atoms with van der Waals surface area (Å²) in [6.07, 6.45) is 0. The number of rotatable bonds is 3. The molecule has 23 heavy (non-hydrogen) atoms. The number of nitrogens with zero attached hydrogens (tertiary/aromatic N) is 3. The molecule has 0 atom stereocenters. The number of carbonyl (C=O) groups excluding carboxylic acids is 1. The summed E-state index contributed by atoms with van der Waals surface area (Å²) in [6, 6.07) is 7.91. The van der Waals surface area contributed by atoms with E-state index in [1.165, 1.54) is 17.4 Å². The lowest BCUT2D eigenvalue weighted by Gasteiger charge is -2.02. The quantitative estimate of drug-likeness (QED) is 0.541. The van der Waals surface area contributed by atoms with Crippen LogP contribution in [0.15, 0.2) is 39.7 Å². The van der Waals surface area contributed by atoms with Crippen molar-refractivity contribution in [1.29, 1.82) is 0 Å². The maximum atomic E-state index is 12.1. The van der Waals surface area contributed by atoms with Crippen molar-refractivity contribution < 1.29 is 18.9 Å². The van der Waals surface area contributed by atoms with Gasteiger partial charge in [0.05, 0.1) is 17.9 Å². The number of carbonyl (C=O) groups is 1. The number of para-hydroxylation sites is 1. The van der Waals surface area contributed by atoms with Gasteiger partial charge < -0.3 is 13.7 Å². The fraction of sp³-hybridized carbons (Fsp3) is 0.143. The largest absolute Gasteiger partial charge is 0.495 e. The van der Waals surface area contributed by atoms with E-state index >= 15 is 0 Å². The van der Waals surface area contributed by atoms with Gasteiger partial charge in [0, 0.05) is 7.05 Å². The van der Waals surface area contributed by atoms with Gasteiger partial charge in [-0.2, -0.15) is 4.99 Å². The third kappa shape index (κ3) is 2.61. The molecule has 0 saturated heterocycles. The molecule has 0 N–H and O–H groups in total. The van der Waals surface area contributed by atoms with Crippen LogP contribution in [0, 0.1) is 10.1 Å². The molecule has 3 rings (SSSR count). The van der Waals surface area contributed by atoms with Crippen molar-refractivity contribution in [3.63, 3.8) is 0 Å². The molecule has 0 aliphatic carbocycles. The van der Waals surface area contributed by atoms with Crippen molar-refractivity contribution in [2.75, 3.05) is 7.11 Å². The van der Waals surface area contributed by atoms with Crippen LogP contribution in [0.4, 0.5) is 5.88 Å². The first kappa shape index (κ1) is 15.0. The van der Waals surface area contributed by atoms with Gasteiger partial charge in [0.25, 0.3) is 0 Å². The van der Waals surface area contributed by atoms with Crippen LogP contribution in [0.25, 0.3) is 10.2 Å². The summed E-state index contributed by atoms with van der Waals surface area (Å²) in [5.41, 5.74) is 0.817. The minimum Gasteiger partial charge on any atom is -0.495 e. The zero-order chi connectivity index (χ0) is 16.6. The van der Waals surface area contributed by atoms with Gasteiger partial charge in [-0.15, -0.1) is 0 Å². The lowest BCUT2D eigenvalue weighted by atomic mass is 10.3. The third-order valence-electron chi connectivity index (χ3n) is 3.19. The summed E-state index contributed by atoms with van der Waals surface area (Å²) in [5, 5.41) is 10.6. The maximum Gasteiger partial charge on any atom is 0.433 e. The lowest BCUT2D eigenvalue weighted by molar-refractivity contribution is -0.402. The summed E-state index contributed by atoms with van der Waals surface area (Å²) in [5.74, 6) is -0.685. The number of methoxy groups -OCH3 is 1. The van der Waals surface area contributed by atoms with E-state index < -0.39 is 16.7 Å². The number of aromatic nitrogens is 1. The van der Waals surface area contributed by atoms with E-state index in [-0.39, 0.29) is 5.76 Å². The normalized spacial score (nSPS) is 11.8. The number of hydrogen-bond acceptors (Lipinski definition) is 6. The summed E-state index contributed by atoms with van der Waals surface area (Å²) in [7, 11) is 3.33. The second kappa shape index (κ2) is 5.69. The summed E-state index contributed by atoms with van der Waals surface area (Å²) >= 11 is 1.31. The molecule has 0 aliphatic rings. The second-order valence-corrected chi connectivity index (χ2v) is 5.57. The number of fused-ring (bicyclic) bond motifs is 1. The average Bonchev–Trinajstić information content (AvgIpc) is 3.13. The van der Waals surface area contributed by atoms with Crippen molar-refractivity contribution >= 4 is 33.3 Å². The summed E-state index contributed by atoms with van der Waals surface area (Å²) in [4.78, 5) is 26.4. The standard InChI is InChI=1S/C14H11N3O5S/c1-16-12-8(21-2)4-3-5-10(12)23-14(16)15-13(18)9-6-7-11(22-9)17(19)20/h3-7H,1-2H3. The predicted molar refractivity (Wildman–Crippen MR) is 82.6 cm³/mol. The summed E-state index contributed by atoms with van der Waals surface area (Å²) < 4.78 is 12.8. The molecule has 1 amide bonds. The van der Waals surface area contributed by atoms with Crippen LogP contribution in [-0.4, -0.2) is 22.5 Å². The van der Waals surface area contributed by atoms with E-state index in [1.54, 1.807) is 18.7 Å².